The van der Waals surface area contributed by atoms with E-state index >= 15 is 0 Å². The molecule has 3 heteroatoms. The molecule has 0 aromatic heterocycles. The molecule has 0 bridgehead atoms. The molecule has 2 aromatic rings. The van der Waals surface area contributed by atoms with E-state index in [9.17, 15) is 4.79 Å². The van der Waals surface area contributed by atoms with Crippen molar-refractivity contribution >= 4 is 16.7 Å². The fourth-order valence-electron chi connectivity index (χ4n) is 2.09. The zero-order chi connectivity index (χ0) is 14.6. The van der Waals surface area contributed by atoms with Crippen LogP contribution in [0, 0.1) is 5.41 Å². The highest BCUT2D eigenvalue weighted by Gasteiger charge is 2.16. The first-order valence-corrected chi connectivity index (χ1v) is 6.95. The lowest BCUT2D eigenvalue weighted by Gasteiger charge is -2.22. The van der Waals surface area contributed by atoms with Crippen molar-refractivity contribution in [3.05, 3.63) is 48.0 Å². The molecule has 106 valence electrons. The van der Waals surface area contributed by atoms with Crippen LogP contribution in [0.4, 0.5) is 0 Å². The van der Waals surface area contributed by atoms with E-state index in [1.54, 1.807) is 0 Å². The zero-order valence-corrected chi connectivity index (χ0v) is 12.1. The number of amides is 1. The fourth-order valence-corrected chi connectivity index (χ4v) is 2.09. The van der Waals surface area contributed by atoms with Gasteiger partial charge in [0.1, 0.15) is 0 Å². The zero-order valence-electron chi connectivity index (χ0n) is 12.1. The number of carbonyl (C=O) groups excluding carboxylic acids is 1. The minimum Gasteiger partial charge on any atom is -0.355 e. The minimum absolute atomic E-state index is 0.0443. The number of benzene rings is 2. The van der Waals surface area contributed by atoms with Crippen LogP contribution < -0.4 is 11.1 Å². The first-order valence-electron chi connectivity index (χ1n) is 6.95. The van der Waals surface area contributed by atoms with Gasteiger partial charge in [0, 0.05) is 6.54 Å². The molecule has 2 rings (SSSR count). The van der Waals surface area contributed by atoms with Gasteiger partial charge >= 0.3 is 0 Å². The highest BCUT2D eigenvalue weighted by Crippen LogP contribution is 2.19. The molecular formula is C17H22N2O. The molecule has 20 heavy (non-hydrogen) atoms. The Morgan fingerprint density at radius 1 is 1.15 bits per heavy atom. The summed E-state index contributed by atoms with van der Waals surface area (Å²) in [6, 6.07) is 14.2. The number of nitrogens with two attached hydrogens (primary N) is 1. The van der Waals surface area contributed by atoms with Crippen LogP contribution in [-0.2, 0) is 11.2 Å². The van der Waals surface area contributed by atoms with Crippen LogP contribution in [0.2, 0.25) is 0 Å². The van der Waals surface area contributed by atoms with E-state index in [2.05, 4.69) is 23.5 Å². The second-order valence-corrected chi connectivity index (χ2v) is 5.96. The molecular weight excluding hydrogens is 248 g/mol. The maximum Gasteiger partial charge on any atom is 0.224 e. The quantitative estimate of drug-likeness (QED) is 0.877. The standard InChI is InChI=1S/C17H22N2O/c1-17(2,11-18)12-19-16(20)10-14-8-5-7-13-6-3-4-9-15(13)14/h3-9H,10-12,18H2,1-2H3,(H,19,20). The van der Waals surface area contributed by atoms with Gasteiger partial charge in [-0.1, -0.05) is 56.3 Å². The molecule has 0 aliphatic carbocycles. The summed E-state index contributed by atoms with van der Waals surface area (Å²) < 4.78 is 0. The first-order chi connectivity index (χ1) is 9.52. The third-order valence-corrected chi connectivity index (χ3v) is 3.55. The second kappa shape index (κ2) is 6.06. The van der Waals surface area contributed by atoms with Crippen molar-refractivity contribution in [2.45, 2.75) is 20.3 Å². The smallest absolute Gasteiger partial charge is 0.224 e. The van der Waals surface area contributed by atoms with Gasteiger partial charge in [0.05, 0.1) is 6.42 Å². The lowest BCUT2D eigenvalue weighted by Crippen LogP contribution is -2.39. The molecule has 3 nitrogen and oxygen atoms in total. The molecule has 0 spiro atoms. The van der Waals surface area contributed by atoms with Gasteiger partial charge in [0.15, 0.2) is 0 Å². The van der Waals surface area contributed by atoms with Crippen LogP contribution in [0.3, 0.4) is 0 Å². The van der Waals surface area contributed by atoms with Crippen molar-refractivity contribution in [1.82, 2.24) is 5.32 Å². The monoisotopic (exact) mass is 270 g/mol. The summed E-state index contributed by atoms with van der Waals surface area (Å²) in [5, 5.41) is 5.28. The number of hydrogen-bond acceptors (Lipinski definition) is 2. The number of carbonyl (C=O) groups is 1. The van der Waals surface area contributed by atoms with Crippen molar-refractivity contribution in [3.8, 4) is 0 Å². The molecule has 0 fully saturated rings. The summed E-state index contributed by atoms with van der Waals surface area (Å²) in [5.41, 5.74) is 6.67. The number of hydrogen-bond donors (Lipinski definition) is 2. The van der Waals surface area contributed by atoms with E-state index in [1.165, 1.54) is 5.39 Å². The average molecular weight is 270 g/mol. The van der Waals surface area contributed by atoms with E-state index in [1.807, 2.05) is 38.1 Å². The Morgan fingerprint density at radius 3 is 2.60 bits per heavy atom. The van der Waals surface area contributed by atoms with Gasteiger partial charge in [-0.15, -0.1) is 0 Å². The Balaban J connectivity index is 2.07. The Bertz CT molecular complexity index is 599. The summed E-state index contributed by atoms with van der Waals surface area (Å²) in [5.74, 6) is 0.0443. The summed E-state index contributed by atoms with van der Waals surface area (Å²) in [6.07, 6.45) is 0.405. The Morgan fingerprint density at radius 2 is 1.85 bits per heavy atom. The predicted octanol–water partition coefficient (Wildman–Crippen LogP) is 2.48. The van der Waals surface area contributed by atoms with Crippen LogP contribution >= 0.6 is 0 Å². The highest BCUT2D eigenvalue weighted by molar-refractivity contribution is 5.90. The van der Waals surface area contributed by atoms with Crippen molar-refractivity contribution in [2.75, 3.05) is 13.1 Å². The minimum atomic E-state index is -0.0611. The molecule has 0 saturated heterocycles. The van der Waals surface area contributed by atoms with Gasteiger partial charge in [0.25, 0.3) is 0 Å². The van der Waals surface area contributed by atoms with Gasteiger partial charge < -0.3 is 11.1 Å². The summed E-state index contributed by atoms with van der Waals surface area (Å²) in [7, 11) is 0. The SMILES string of the molecule is CC(C)(CN)CNC(=O)Cc1cccc2ccccc12. The fraction of sp³-hybridized carbons (Fsp3) is 0.353. The second-order valence-electron chi connectivity index (χ2n) is 5.96. The molecule has 0 saturated carbocycles. The molecule has 0 heterocycles. The number of fused-ring (bicyclic) bond motifs is 1. The van der Waals surface area contributed by atoms with Crippen molar-refractivity contribution in [3.63, 3.8) is 0 Å². The maximum absolute atomic E-state index is 12.1. The van der Waals surface area contributed by atoms with Crippen LogP contribution in [0.15, 0.2) is 42.5 Å². The van der Waals surface area contributed by atoms with Gasteiger partial charge in [-0.3, -0.25) is 4.79 Å². The van der Waals surface area contributed by atoms with Gasteiger partial charge in [-0.2, -0.15) is 0 Å². The number of rotatable bonds is 5. The van der Waals surface area contributed by atoms with E-state index in [0.29, 0.717) is 19.5 Å². The van der Waals surface area contributed by atoms with Gasteiger partial charge in [-0.05, 0) is 28.3 Å². The molecule has 0 aliphatic heterocycles. The van der Waals surface area contributed by atoms with Crippen LogP contribution in [0.1, 0.15) is 19.4 Å². The highest BCUT2D eigenvalue weighted by atomic mass is 16.1. The number of nitrogens with one attached hydrogen (secondary N) is 1. The van der Waals surface area contributed by atoms with Gasteiger partial charge in [-0.25, -0.2) is 0 Å². The van der Waals surface area contributed by atoms with E-state index < -0.39 is 0 Å². The lowest BCUT2D eigenvalue weighted by molar-refractivity contribution is -0.120. The molecule has 0 atom stereocenters. The van der Waals surface area contributed by atoms with Crippen LogP contribution in [0.25, 0.3) is 10.8 Å². The molecule has 0 radical (unpaired) electrons. The van der Waals surface area contributed by atoms with Gasteiger partial charge in [0.2, 0.25) is 5.91 Å². The first kappa shape index (κ1) is 14.5. The maximum atomic E-state index is 12.1. The van der Waals surface area contributed by atoms with E-state index in [0.717, 1.165) is 10.9 Å². The predicted molar refractivity (Wildman–Crippen MR) is 83.5 cm³/mol. The van der Waals surface area contributed by atoms with E-state index in [4.69, 9.17) is 5.73 Å². The third kappa shape index (κ3) is 3.58. The molecule has 0 unspecified atom stereocenters. The lowest BCUT2D eigenvalue weighted by atomic mass is 9.94. The molecule has 2 aromatic carbocycles. The summed E-state index contributed by atoms with van der Waals surface area (Å²) in [4.78, 5) is 12.1. The Kier molecular flexibility index (Phi) is 4.40. The normalized spacial score (nSPS) is 11.6. The van der Waals surface area contributed by atoms with Crippen molar-refractivity contribution in [1.29, 1.82) is 0 Å². The van der Waals surface area contributed by atoms with Crippen LogP contribution in [0.5, 0.6) is 0 Å². The van der Waals surface area contributed by atoms with Crippen LogP contribution in [-0.4, -0.2) is 19.0 Å². The molecule has 1 amide bonds. The molecule has 3 N–H and O–H groups in total. The summed E-state index contributed by atoms with van der Waals surface area (Å²) in [6.45, 7) is 5.25. The average Bonchev–Trinajstić information content (AvgIpc) is 2.46. The van der Waals surface area contributed by atoms with Crippen molar-refractivity contribution < 1.29 is 4.79 Å². The van der Waals surface area contributed by atoms with Crippen molar-refractivity contribution in [2.24, 2.45) is 11.1 Å². The Hall–Kier alpha value is -1.87. The largest absolute Gasteiger partial charge is 0.355 e. The molecule has 0 aliphatic rings. The Labute approximate surface area is 120 Å². The van der Waals surface area contributed by atoms with E-state index in [-0.39, 0.29) is 11.3 Å². The topological polar surface area (TPSA) is 55.1 Å². The third-order valence-electron chi connectivity index (χ3n) is 3.55. The summed E-state index contributed by atoms with van der Waals surface area (Å²) >= 11 is 0.